The van der Waals surface area contributed by atoms with Crippen LogP contribution in [0.15, 0.2) is 16.9 Å². The fourth-order valence-electron chi connectivity index (χ4n) is 2.80. The zero-order valence-electron chi connectivity index (χ0n) is 11.7. The van der Waals surface area contributed by atoms with E-state index in [0.717, 1.165) is 29.0 Å². The van der Waals surface area contributed by atoms with Crippen LogP contribution in [-0.2, 0) is 19.9 Å². The third-order valence-electron chi connectivity index (χ3n) is 3.80. The minimum absolute atomic E-state index is 0.519. The van der Waals surface area contributed by atoms with E-state index in [4.69, 9.17) is 10.3 Å². The first-order chi connectivity index (χ1) is 10.2. The van der Waals surface area contributed by atoms with E-state index in [2.05, 4.69) is 15.2 Å². The third-order valence-corrected chi connectivity index (χ3v) is 4.92. The van der Waals surface area contributed by atoms with Crippen molar-refractivity contribution >= 4 is 16.3 Å². The molecule has 0 radical (unpaired) electrons. The van der Waals surface area contributed by atoms with Crippen molar-refractivity contribution in [1.29, 1.82) is 0 Å². The van der Waals surface area contributed by atoms with Gasteiger partial charge in [0.15, 0.2) is 0 Å². The molecule has 0 saturated carbocycles. The molecular weight excluding hydrogens is 286 g/mol. The lowest BCUT2D eigenvalue weighted by atomic mass is 9.95. The Hall–Kier alpha value is -2.15. The molecule has 0 aromatic carbocycles. The Morgan fingerprint density at radius 2 is 2.19 bits per heavy atom. The molecule has 1 aliphatic rings. The maximum atomic E-state index is 6.18. The second kappa shape index (κ2) is 4.70. The molecule has 6 nitrogen and oxygen atoms in total. The Balaban J connectivity index is 1.78. The molecule has 108 valence electrons. The quantitative estimate of drug-likeness (QED) is 0.786. The molecule has 0 spiro atoms. The van der Waals surface area contributed by atoms with E-state index in [0.29, 0.717) is 11.7 Å². The van der Waals surface area contributed by atoms with Gasteiger partial charge in [0, 0.05) is 18.1 Å². The van der Waals surface area contributed by atoms with Crippen LogP contribution in [0.3, 0.4) is 0 Å². The first-order valence-electron chi connectivity index (χ1n) is 6.95. The van der Waals surface area contributed by atoms with E-state index < -0.39 is 0 Å². The van der Waals surface area contributed by atoms with Crippen LogP contribution in [0.25, 0.3) is 22.8 Å². The maximum absolute atomic E-state index is 6.18. The van der Waals surface area contributed by atoms with E-state index in [1.54, 1.807) is 22.2 Å². The van der Waals surface area contributed by atoms with Gasteiger partial charge in [0.05, 0.1) is 22.3 Å². The molecule has 2 N–H and O–H groups in total. The Bertz CT molecular complexity index is 800. The van der Waals surface area contributed by atoms with Crippen molar-refractivity contribution in [2.75, 3.05) is 5.73 Å². The van der Waals surface area contributed by atoms with Crippen molar-refractivity contribution < 1.29 is 4.52 Å². The summed E-state index contributed by atoms with van der Waals surface area (Å²) in [5, 5.41) is 8.96. The highest BCUT2D eigenvalue weighted by molar-refractivity contribution is 7.16. The smallest absolute Gasteiger partial charge is 0.261 e. The maximum Gasteiger partial charge on any atom is 0.261 e. The van der Waals surface area contributed by atoms with Crippen LogP contribution in [0.2, 0.25) is 0 Å². The summed E-state index contributed by atoms with van der Waals surface area (Å²) in [6, 6.07) is 0. The Labute approximate surface area is 125 Å². The molecule has 7 heteroatoms. The second-order valence-electron chi connectivity index (χ2n) is 5.28. The molecule has 3 aromatic rings. The van der Waals surface area contributed by atoms with E-state index >= 15 is 0 Å². The van der Waals surface area contributed by atoms with Crippen molar-refractivity contribution in [3.8, 4) is 22.8 Å². The van der Waals surface area contributed by atoms with Gasteiger partial charge in [-0.1, -0.05) is 5.16 Å². The summed E-state index contributed by atoms with van der Waals surface area (Å²) in [6.45, 7) is 0. The van der Waals surface area contributed by atoms with Crippen molar-refractivity contribution in [2.24, 2.45) is 7.05 Å². The van der Waals surface area contributed by atoms with Gasteiger partial charge in [-0.15, -0.1) is 11.3 Å². The second-order valence-corrected chi connectivity index (χ2v) is 6.41. The molecule has 3 heterocycles. The molecule has 0 aliphatic heterocycles. The summed E-state index contributed by atoms with van der Waals surface area (Å²) in [6.07, 6.45) is 8.16. The van der Waals surface area contributed by atoms with E-state index in [-0.39, 0.29) is 0 Å². The lowest BCUT2D eigenvalue weighted by Crippen LogP contribution is -1.99. The summed E-state index contributed by atoms with van der Waals surface area (Å²) < 4.78 is 7.16. The predicted molar refractivity (Wildman–Crippen MR) is 80.9 cm³/mol. The third kappa shape index (κ3) is 2.04. The van der Waals surface area contributed by atoms with Crippen LogP contribution in [0.4, 0.5) is 5.00 Å². The van der Waals surface area contributed by atoms with Gasteiger partial charge in [-0.25, -0.2) is 0 Å². The number of aromatic nitrogens is 4. The topological polar surface area (TPSA) is 82.8 Å². The predicted octanol–water partition coefficient (Wildman–Crippen LogP) is 2.66. The normalized spacial score (nSPS) is 14.3. The number of hydrogen-bond acceptors (Lipinski definition) is 6. The number of fused-ring (bicyclic) bond motifs is 1. The van der Waals surface area contributed by atoms with Crippen LogP contribution < -0.4 is 5.73 Å². The van der Waals surface area contributed by atoms with Crippen LogP contribution in [0, 0.1) is 0 Å². The minimum atomic E-state index is 0.519. The number of aryl methyl sites for hydroxylation is 2. The molecule has 21 heavy (non-hydrogen) atoms. The van der Waals surface area contributed by atoms with Gasteiger partial charge in [-0.05, 0) is 31.2 Å². The monoisotopic (exact) mass is 301 g/mol. The highest BCUT2D eigenvalue weighted by Gasteiger charge is 2.24. The van der Waals surface area contributed by atoms with E-state index in [9.17, 15) is 0 Å². The van der Waals surface area contributed by atoms with Gasteiger partial charge < -0.3 is 10.3 Å². The zero-order chi connectivity index (χ0) is 14.4. The fraction of sp³-hybridized carbons (Fsp3) is 0.357. The van der Waals surface area contributed by atoms with Gasteiger partial charge in [-0.2, -0.15) is 10.1 Å². The number of hydrogen-bond donors (Lipinski definition) is 1. The summed E-state index contributed by atoms with van der Waals surface area (Å²) in [5.41, 5.74) is 9.26. The highest BCUT2D eigenvalue weighted by atomic mass is 32.1. The number of nitrogen functional groups attached to an aromatic ring is 1. The van der Waals surface area contributed by atoms with Crippen molar-refractivity contribution in [3.63, 3.8) is 0 Å². The lowest BCUT2D eigenvalue weighted by molar-refractivity contribution is 0.432. The van der Waals surface area contributed by atoms with Crippen molar-refractivity contribution in [2.45, 2.75) is 25.7 Å². The fourth-order valence-corrected chi connectivity index (χ4v) is 3.95. The number of thiophene rings is 1. The number of nitrogens with zero attached hydrogens (tertiary/aromatic N) is 4. The Morgan fingerprint density at radius 3 is 3.00 bits per heavy atom. The molecular formula is C14H15N5OS. The molecule has 0 atom stereocenters. The SMILES string of the molecule is Cn1cc(-c2noc(-c3c(N)sc4c3CCCC4)n2)cn1. The van der Waals surface area contributed by atoms with Gasteiger partial charge in [-0.3, -0.25) is 4.68 Å². The van der Waals surface area contributed by atoms with Crippen LogP contribution >= 0.6 is 11.3 Å². The van der Waals surface area contributed by atoms with Gasteiger partial charge >= 0.3 is 0 Å². The lowest BCUT2D eigenvalue weighted by Gasteiger charge is -2.10. The molecule has 0 fully saturated rings. The molecule has 4 rings (SSSR count). The van der Waals surface area contributed by atoms with Crippen molar-refractivity contribution in [1.82, 2.24) is 19.9 Å². The molecule has 0 amide bonds. The van der Waals surface area contributed by atoms with Gasteiger partial charge in [0.25, 0.3) is 5.89 Å². The summed E-state index contributed by atoms with van der Waals surface area (Å²) in [7, 11) is 1.86. The molecule has 1 aliphatic carbocycles. The highest BCUT2D eigenvalue weighted by Crippen LogP contribution is 2.42. The molecule has 0 saturated heterocycles. The van der Waals surface area contributed by atoms with E-state index in [1.807, 2.05) is 13.2 Å². The zero-order valence-corrected chi connectivity index (χ0v) is 12.5. The average molecular weight is 301 g/mol. The van der Waals surface area contributed by atoms with Gasteiger partial charge in [0.2, 0.25) is 5.82 Å². The van der Waals surface area contributed by atoms with Gasteiger partial charge in [0.1, 0.15) is 0 Å². The first-order valence-corrected chi connectivity index (χ1v) is 7.77. The molecule has 3 aromatic heterocycles. The number of anilines is 1. The summed E-state index contributed by atoms with van der Waals surface area (Å²) in [5.74, 6) is 1.07. The van der Waals surface area contributed by atoms with Crippen LogP contribution in [-0.4, -0.2) is 19.9 Å². The summed E-state index contributed by atoms with van der Waals surface area (Å²) in [4.78, 5) is 5.87. The molecule has 0 unspecified atom stereocenters. The van der Waals surface area contributed by atoms with E-state index in [1.165, 1.54) is 23.3 Å². The first kappa shape index (κ1) is 12.6. The summed E-state index contributed by atoms with van der Waals surface area (Å²) >= 11 is 1.65. The minimum Gasteiger partial charge on any atom is -0.390 e. The average Bonchev–Trinajstić information content (AvgIpc) is 3.15. The van der Waals surface area contributed by atoms with Crippen LogP contribution in [0.1, 0.15) is 23.3 Å². The van der Waals surface area contributed by atoms with Crippen molar-refractivity contribution in [3.05, 3.63) is 22.8 Å². The molecule has 0 bridgehead atoms. The van der Waals surface area contributed by atoms with Crippen LogP contribution in [0.5, 0.6) is 0 Å². The Kier molecular flexibility index (Phi) is 2.81. The standard InChI is InChI=1S/C14H15N5OS/c1-19-7-8(6-16-19)13-17-14(20-18-13)11-9-4-2-3-5-10(9)21-12(11)15/h6-7H,2-5,15H2,1H3. The number of rotatable bonds is 2. The Morgan fingerprint density at radius 1 is 1.33 bits per heavy atom. The number of nitrogens with two attached hydrogens (primary N) is 1. The largest absolute Gasteiger partial charge is 0.390 e.